The summed E-state index contributed by atoms with van der Waals surface area (Å²) in [4.78, 5) is 11.5. The van der Waals surface area contributed by atoms with Crippen LogP contribution in [-0.4, -0.2) is 21.4 Å². The zero-order valence-electron chi connectivity index (χ0n) is 22.3. The highest BCUT2D eigenvalue weighted by Gasteiger charge is 2.15. The van der Waals surface area contributed by atoms with Crippen molar-refractivity contribution in [3.05, 3.63) is 84.8 Å². The van der Waals surface area contributed by atoms with E-state index in [1.54, 1.807) is 0 Å². The van der Waals surface area contributed by atoms with Crippen molar-refractivity contribution in [3.8, 4) is 22.6 Å². The molecule has 0 saturated carbocycles. The average Bonchev–Trinajstić information content (AvgIpc) is 3.61. The van der Waals surface area contributed by atoms with Gasteiger partial charge in [0.05, 0.1) is 25.5 Å². The average molecular weight is 500 g/mol. The van der Waals surface area contributed by atoms with Crippen molar-refractivity contribution in [1.82, 2.24) is 14.9 Å². The third-order valence-electron chi connectivity index (χ3n) is 6.77. The smallest absolute Gasteiger partial charge is 0.209 e. The molecule has 5 nitrogen and oxygen atoms in total. The van der Waals surface area contributed by atoms with E-state index in [-0.39, 0.29) is 0 Å². The predicted molar refractivity (Wildman–Crippen MR) is 150 cm³/mol. The Hall–Kier alpha value is -3.18. The van der Waals surface area contributed by atoms with Crippen molar-refractivity contribution in [2.75, 3.05) is 6.54 Å². The van der Waals surface area contributed by atoms with Gasteiger partial charge in [0.1, 0.15) is 0 Å². The van der Waals surface area contributed by atoms with Crippen molar-refractivity contribution in [3.63, 3.8) is 0 Å². The lowest BCUT2D eigenvalue weighted by molar-refractivity contribution is 0.207. The molecule has 0 radical (unpaired) electrons. The molecule has 0 amide bonds. The lowest BCUT2D eigenvalue weighted by atomic mass is 10.1. The first-order chi connectivity index (χ1) is 18.3. The molecule has 196 valence electrons. The lowest BCUT2D eigenvalue weighted by Gasteiger charge is -2.19. The Kier molecular flexibility index (Phi) is 11.0. The Bertz CT molecular complexity index is 1060. The predicted octanol–water partition coefficient (Wildman–Crippen LogP) is 8.92. The fourth-order valence-corrected chi connectivity index (χ4v) is 4.66. The molecule has 0 saturated heterocycles. The number of aromatic nitrogens is 2. The Morgan fingerprint density at radius 1 is 0.568 bits per heavy atom. The van der Waals surface area contributed by atoms with Crippen LogP contribution < -0.4 is 0 Å². The van der Waals surface area contributed by atoms with E-state index in [1.165, 1.54) is 57.8 Å². The van der Waals surface area contributed by atoms with Gasteiger partial charge in [0.15, 0.2) is 11.5 Å². The third-order valence-corrected chi connectivity index (χ3v) is 6.77. The Labute approximate surface area is 221 Å². The summed E-state index contributed by atoms with van der Waals surface area (Å²) in [5.41, 5.74) is 2.09. The molecule has 0 spiro atoms. The summed E-state index contributed by atoms with van der Waals surface area (Å²) in [7, 11) is 0. The van der Waals surface area contributed by atoms with E-state index in [1.807, 2.05) is 73.1 Å². The topological polar surface area (TPSA) is 55.3 Å². The van der Waals surface area contributed by atoms with Gasteiger partial charge < -0.3 is 8.83 Å². The largest absolute Gasteiger partial charge is 0.439 e. The quantitative estimate of drug-likeness (QED) is 0.136. The molecule has 0 fully saturated rings. The fourth-order valence-electron chi connectivity index (χ4n) is 4.66. The summed E-state index contributed by atoms with van der Waals surface area (Å²) in [6.07, 6.45) is 16.9. The normalized spacial score (nSPS) is 11.4. The Balaban J connectivity index is 1.31. The van der Waals surface area contributed by atoms with Crippen molar-refractivity contribution in [2.45, 2.75) is 84.2 Å². The number of unbranched alkanes of at least 4 members (excludes halogenated alkanes) is 9. The number of hydrogen-bond acceptors (Lipinski definition) is 5. The molecule has 4 rings (SSSR count). The maximum absolute atomic E-state index is 6.11. The van der Waals surface area contributed by atoms with Crippen LogP contribution in [0.4, 0.5) is 0 Å². The van der Waals surface area contributed by atoms with E-state index in [2.05, 4.69) is 21.8 Å². The number of rotatable bonds is 17. The highest BCUT2D eigenvalue weighted by atomic mass is 16.4. The van der Waals surface area contributed by atoms with Crippen LogP contribution in [0.25, 0.3) is 22.6 Å². The van der Waals surface area contributed by atoms with Gasteiger partial charge in [-0.2, -0.15) is 0 Å². The van der Waals surface area contributed by atoms with Gasteiger partial charge in [0.25, 0.3) is 0 Å². The Morgan fingerprint density at radius 2 is 1.00 bits per heavy atom. The molecule has 2 heterocycles. The van der Waals surface area contributed by atoms with Gasteiger partial charge in [-0.25, -0.2) is 9.97 Å². The molecule has 0 unspecified atom stereocenters. The molecule has 2 aromatic heterocycles. The van der Waals surface area contributed by atoms with Crippen LogP contribution in [0.3, 0.4) is 0 Å². The molecule has 0 atom stereocenters. The summed E-state index contributed by atoms with van der Waals surface area (Å²) >= 11 is 0. The first kappa shape index (κ1) is 26.9. The molecule has 0 bridgehead atoms. The van der Waals surface area contributed by atoms with E-state index in [9.17, 15) is 0 Å². The van der Waals surface area contributed by atoms with Gasteiger partial charge in [-0.3, -0.25) is 4.90 Å². The second-order valence-electron chi connectivity index (χ2n) is 9.86. The SMILES string of the molecule is CCCCCCCCCCCCN(Cc1ncc(-c2ccccc2)o1)Cc1ncc(-c2ccccc2)o1. The first-order valence-corrected chi connectivity index (χ1v) is 14.0. The molecular formula is C32H41N3O2. The van der Waals surface area contributed by atoms with Crippen molar-refractivity contribution in [1.29, 1.82) is 0 Å². The highest BCUT2D eigenvalue weighted by molar-refractivity contribution is 5.56. The van der Waals surface area contributed by atoms with E-state index in [0.717, 1.165) is 47.4 Å². The molecular weight excluding hydrogens is 458 g/mol. The fraction of sp³-hybridized carbons (Fsp3) is 0.438. The summed E-state index contributed by atoms with van der Waals surface area (Å²) in [5, 5.41) is 0. The molecule has 4 aromatic rings. The molecule has 2 aromatic carbocycles. The zero-order chi connectivity index (χ0) is 25.5. The molecule has 37 heavy (non-hydrogen) atoms. The van der Waals surface area contributed by atoms with E-state index in [0.29, 0.717) is 13.1 Å². The van der Waals surface area contributed by atoms with Crippen molar-refractivity contribution < 1.29 is 8.83 Å². The highest BCUT2D eigenvalue weighted by Crippen LogP contribution is 2.23. The summed E-state index contributed by atoms with van der Waals surface area (Å²) in [5.74, 6) is 3.05. The molecule has 0 N–H and O–H groups in total. The minimum atomic E-state index is 0.632. The van der Waals surface area contributed by atoms with E-state index >= 15 is 0 Å². The summed E-state index contributed by atoms with van der Waals surface area (Å²) in [6.45, 7) is 4.50. The van der Waals surface area contributed by atoms with Crippen LogP contribution in [0.1, 0.15) is 82.9 Å². The summed E-state index contributed by atoms with van der Waals surface area (Å²) in [6, 6.07) is 20.3. The van der Waals surface area contributed by atoms with Gasteiger partial charge in [-0.05, 0) is 13.0 Å². The van der Waals surface area contributed by atoms with Crippen LogP contribution in [0.15, 0.2) is 81.9 Å². The van der Waals surface area contributed by atoms with Crippen LogP contribution in [-0.2, 0) is 13.1 Å². The maximum Gasteiger partial charge on any atom is 0.209 e. The van der Waals surface area contributed by atoms with Crippen LogP contribution in [0.2, 0.25) is 0 Å². The van der Waals surface area contributed by atoms with E-state index < -0.39 is 0 Å². The third kappa shape index (κ3) is 9.01. The van der Waals surface area contributed by atoms with Gasteiger partial charge in [0, 0.05) is 11.1 Å². The second kappa shape index (κ2) is 15.2. The number of oxazole rings is 2. The van der Waals surface area contributed by atoms with Gasteiger partial charge >= 0.3 is 0 Å². The maximum atomic E-state index is 6.11. The van der Waals surface area contributed by atoms with Gasteiger partial charge in [-0.15, -0.1) is 0 Å². The Morgan fingerprint density at radius 3 is 1.46 bits per heavy atom. The minimum Gasteiger partial charge on any atom is -0.439 e. The second-order valence-corrected chi connectivity index (χ2v) is 9.86. The molecule has 0 aliphatic rings. The first-order valence-electron chi connectivity index (χ1n) is 14.0. The van der Waals surface area contributed by atoms with Crippen molar-refractivity contribution >= 4 is 0 Å². The molecule has 0 aliphatic heterocycles. The van der Waals surface area contributed by atoms with Gasteiger partial charge in [0.2, 0.25) is 11.8 Å². The number of nitrogens with zero attached hydrogens (tertiary/aromatic N) is 3. The standard InChI is InChI=1S/C32H41N3O2/c1-2-3-4-5-6-7-8-9-10-17-22-35(25-31-33-23-29(36-31)27-18-13-11-14-19-27)26-32-34-24-30(37-32)28-20-15-12-16-21-28/h11-16,18-21,23-24H,2-10,17,22,25-26H2,1H3. The van der Waals surface area contributed by atoms with Gasteiger partial charge in [-0.1, -0.05) is 125 Å². The monoisotopic (exact) mass is 499 g/mol. The summed E-state index contributed by atoms with van der Waals surface area (Å²) < 4.78 is 12.2. The number of hydrogen-bond donors (Lipinski definition) is 0. The minimum absolute atomic E-state index is 0.632. The van der Waals surface area contributed by atoms with Crippen LogP contribution in [0.5, 0.6) is 0 Å². The van der Waals surface area contributed by atoms with E-state index in [4.69, 9.17) is 8.83 Å². The van der Waals surface area contributed by atoms with Crippen molar-refractivity contribution in [2.24, 2.45) is 0 Å². The number of benzene rings is 2. The van der Waals surface area contributed by atoms with Crippen LogP contribution in [0, 0.1) is 0 Å². The molecule has 5 heteroatoms. The van der Waals surface area contributed by atoms with Crippen LogP contribution >= 0.6 is 0 Å². The zero-order valence-corrected chi connectivity index (χ0v) is 22.3. The lowest BCUT2D eigenvalue weighted by Crippen LogP contribution is -2.24. The molecule has 0 aliphatic carbocycles.